The van der Waals surface area contributed by atoms with Gasteiger partial charge in [-0.15, -0.1) is 0 Å². The second kappa shape index (κ2) is 7.02. The van der Waals surface area contributed by atoms with Crippen LogP contribution in [0.25, 0.3) is 0 Å². The Bertz CT molecular complexity index is 580. The molecule has 0 radical (unpaired) electrons. The quantitative estimate of drug-likeness (QED) is 0.843. The van der Waals surface area contributed by atoms with Crippen LogP contribution in [0.1, 0.15) is 41.3 Å². The van der Waals surface area contributed by atoms with Gasteiger partial charge >= 0.3 is 0 Å². The van der Waals surface area contributed by atoms with Gasteiger partial charge < -0.3 is 11.1 Å². The van der Waals surface area contributed by atoms with Gasteiger partial charge in [0.05, 0.1) is 12.1 Å². The van der Waals surface area contributed by atoms with Crippen LogP contribution in [0.15, 0.2) is 18.2 Å². The molecule has 1 aromatic carbocycles. The zero-order valence-electron chi connectivity index (χ0n) is 12.7. The van der Waals surface area contributed by atoms with E-state index >= 15 is 0 Å². The van der Waals surface area contributed by atoms with Gasteiger partial charge in [0.15, 0.2) is 0 Å². The number of nitrogens with one attached hydrogen (secondary N) is 1. The van der Waals surface area contributed by atoms with Crippen molar-refractivity contribution in [2.24, 2.45) is 5.73 Å². The summed E-state index contributed by atoms with van der Waals surface area (Å²) in [6.45, 7) is 5.19. The molecular formula is C17H22N2OS. The Hall–Kier alpha value is -1.44. The van der Waals surface area contributed by atoms with E-state index in [9.17, 15) is 4.79 Å². The lowest BCUT2D eigenvalue weighted by Gasteiger charge is -2.23. The molecule has 1 aromatic rings. The number of rotatable bonds is 3. The number of carbonyl (C=O) groups excluding carboxylic acids is 1. The highest BCUT2D eigenvalue weighted by Gasteiger charge is 2.30. The highest BCUT2D eigenvalue weighted by molar-refractivity contribution is 8.00. The highest BCUT2D eigenvalue weighted by Crippen LogP contribution is 2.37. The predicted molar refractivity (Wildman–Crippen MR) is 89.5 cm³/mol. The smallest absolute Gasteiger partial charge is 0.252 e. The molecule has 0 aromatic heterocycles. The first-order valence-electron chi connectivity index (χ1n) is 7.26. The van der Waals surface area contributed by atoms with Gasteiger partial charge in [-0.2, -0.15) is 11.8 Å². The summed E-state index contributed by atoms with van der Waals surface area (Å²) in [5.74, 6) is 6.93. The molecule has 1 amide bonds. The summed E-state index contributed by atoms with van der Waals surface area (Å²) in [6, 6.07) is 5.74. The average molecular weight is 302 g/mol. The average Bonchev–Trinajstić information content (AvgIpc) is 2.91. The summed E-state index contributed by atoms with van der Waals surface area (Å²) in [6.07, 6.45) is 2.39. The first-order valence-corrected chi connectivity index (χ1v) is 8.24. The standard InChI is InChI=1S/C17H22N2OS/c1-13-6-7-14(5-3-9-18)15(11-13)16(20)19-12-17(2)8-4-10-21-17/h6-7,11H,4,8-10,12,18H2,1-2H3,(H,19,20). The Kier molecular flexibility index (Phi) is 5.33. The molecular weight excluding hydrogens is 280 g/mol. The fourth-order valence-corrected chi connectivity index (χ4v) is 3.68. The van der Waals surface area contributed by atoms with Gasteiger partial charge in [-0.1, -0.05) is 23.5 Å². The lowest BCUT2D eigenvalue weighted by Crippen LogP contribution is -2.37. The van der Waals surface area contributed by atoms with E-state index in [2.05, 4.69) is 24.1 Å². The van der Waals surface area contributed by atoms with E-state index in [0.717, 1.165) is 17.5 Å². The Labute approximate surface area is 131 Å². The molecule has 1 fully saturated rings. The van der Waals surface area contributed by atoms with Gasteiger partial charge in [0.25, 0.3) is 5.91 Å². The first kappa shape index (κ1) is 15.9. The predicted octanol–water partition coefficient (Wildman–Crippen LogP) is 2.32. The number of carbonyl (C=O) groups is 1. The molecule has 1 atom stereocenters. The Morgan fingerprint density at radius 3 is 3.00 bits per heavy atom. The molecule has 1 aliphatic heterocycles. The molecule has 21 heavy (non-hydrogen) atoms. The van der Waals surface area contributed by atoms with E-state index in [4.69, 9.17) is 5.73 Å². The Morgan fingerprint density at radius 1 is 1.52 bits per heavy atom. The first-order chi connectivity index (χ1) is 10.0. The third kappa shape index (κ3) is 4.26. The number of benzene rings is 1. The number of amides is 1. The number of hydrogen-bond acceptors (Lipinski definition) is 3. The minimum absolute atomic E-state index is 0.0475. The monoisotopic (exact) mass is 302 g/mol. The van der Waals surface area contributed by atoms with E-state index in [0.29, 0.717) is 18.7 Å². The molecule has 3 nitrogen and oxygen atoms in total. The van der Waals surface area contributed by atoms with Crippen LogP contribution < -0.4 is 11.1 Å². The number of thioether (sulfide) groups is 1. The summed E-state index contributed by atoms with van der Waals surface area (Å²) >= 11 is 1.94. The van der Waals surface area contributed by atoms with Crippen molar-refractivity contribution >= 4 is 17.7 Å². The number of nitrogens with two attached hydrogens (primary N) is 1. The van der Waals surface area contributed by atoms with Crippen LogP contribution in [0, 0.1) is 18.8 Å². The maximum Gasteiger partial charge on any atom is 0.252 e. The van der Waals surface area contributed by atoms with Crippen molar-refractivity contribution in [3.05, 3.63) is 34.9 Å². The third-order valence-corrected chi connectivity index (χ3v) is 5.21. The lowest BCUT2D eigenvalue weighted by atomic mass is 10.0. The van der Waals surface area contributed by atoms with Crippen molar-refractivity contribution in [1.82, 2.24) is 5.32 Å². The summed E-state index contributed by atoms with van der Waals surface area (Å²) in [5.41, 5.74) is 7.85. The van der Waals surface area contributed by atoms with Crippen molar-refractivity contribution < 1.29 is 4.79 Å². The molecule has 112 valence electrons. The zero-order chi connectivity index (χ0) is 15.3. The van der Waals surface area contributed by atoms with Gasteiger partial charge in [-0.3, -0.25) is 4.79 Å². The van der Waals surface area contributed by atoms with Crippen molar-refractivity contribution in [3.8, 4) is 11.8 Å². The molecule has 1 heterocycles. The van der Waals surface area contributed by atoms with Crippen LogP contribution in [0.4, 0.5) is 0 Å². The van der Waals surface area contributed by atoms with E-state index in [1.165, 1.54) is 12.2 Å². The number of hydrogen-bond donors (Lipinski definition) is 2. The van der Waals surface area contributed by atoms with Crippen LogP contribution in [0.2, 0.25) is 0 Å². The minimum Gasteiger partial charge on any atom is -0.351 e. The van der Waals surface area contributed by atoms with Gasteiger partial charge in [0.1, 0.15) is 0 Å². The molecule has 2 rings (SSSR count). The lowest BCUT2D eigenvalue weighted by molar-refractivity contribution is 0.0949. The minimum atomic E-state index is -0.0475. The van der Waals surface area contributed by atoms with E-state index < -0.39 is 0 Å². The van der Waals surface area contributed by atoms with Crippen LogP contribution in [-0.4, -0.2) is 29.5 Å². The van der Waals surface area contributed by atoms with Crippen molar-refractivity contribution in [3.63, 3.8) is 0 Å². The highest BCUT2D eigenvalue weighted by atomic mass is 32.2. The summed E-state index contributed by atoms with van der Waals surface area (Å²) in [5, 5.41) is 3.07. The third-order valence-electron chi connectivity index (χ3n) is 3.67. The maximum absolute atomic E-state index is 12.5. The van der Waals surface area contributed by atoms with Crippen molar-refractivity contribution in [2.75, 3.05) is 18.8 Å². The normalized spacial score (nSPS) is 20.7. The topological polar surface area (TPSA) is 55.1 Å². The van der Waals surface area contributed by atoms with Gasteiger partial charge in [0, 0.05) is 16.9 Å². The molecule has 0 spiro atoms. The maximum atomic E-state index is 12.5. The van der Waals surface area contributed by atoms with Gasteiger partial charge in [0.2, 0.25) is 0 Å². The molecule has 1 saturated heterocycles. The van der Waals surface area contributed by atoms with Gasteiger partial charge in [-0.05, 0) is 44.6 Å². The molecule has 0 saturated carbocycles. The molecule has 1 unspecified atom stereocenters. The van der Waals surface area contributed by atoms with Crippen molar-refractivity contribution in [2.45, 2.75) is 31.4 Å². The largest absolute Gasteiger partial charge is 0.351 e. The van der Waals surface area contributed by atoms with Crippen molar-refractivity contribution in [1.29, 1.82) is 0 Å². The molecule has 1 aliphatic rings. The zero-order valence-corrected chi connectivity index (χ0v) is 13.5. The fraction of sp³-hybridized carbons (Fsp3) is 0.471. The number of aryl methyl sites for hydroxylation is 1. The van der Waals surface area contributed by atoms with E-state index in [-0.39, 0.29) is 10.7 Å². The second-order valence-corrected chi connectivity index (χ2v) is 7.32. The van der Waals surface area contributed by atoms with Crippen LogP contribution in [0.3, 0.4) is 0 Å². The van der Waals surface area contributed by atoms with Crippen LogP contribution in [-0.2, 0) is 0 Å². The summed E-state index contributed by atoms with van der Waals surface area (Å²) in [7, 11) is 0. The molecule has 0 aliphatic carbocycles. The summed E-state index contributed by atoms with van der Waals surface area (Å²) < 4.78 is 0.169. The SMILES string of the molecule is Cc1ccc(C#CCN)c(C(=O)NCC2(C)CCCS2)c1. The Morgan fingerprint density at radius 2 is 2.33 bits per heavy atom. The fourth-order valence-electron chi connectivity index (χ4n) is 2.44. The molecule has 4 heteroatoms. The summed E-state index contributed by atoms with van der Waals surface area (Å²) in [4.78, 5) is 12.5. The van der Waals surface area contributed by atoms with E-state index in [1.54, 1.807) is 0 Å². The Balaban J connectivity index is 2.12. The van der Waals surface area contributed by atoms with Gasteiger partial charge in [-0.25, -0.2) is 0 Å². The van der Waals surface area contributed by atoms with Crippen LogP contribution in [0.5, 0.6) is 0 Å². The van der Waals surface area contributed by atoms with Crippen LogP contribution >= 0.6 is 11.8 Å². The second-order valence-electron chi connectivity index (χ2n) is 5.64. The molecule has 3 N–H and O–H groups in total. The van der Waals surface area contributed by atoms with E-state index in [1.807, 2.05) is 36.9 Å². The molecule has 0 bridgehead atoms.